The first kappa shape index (κ1) is 14.0. The lowest BCUT2D eigenvalue weighted by Crippen LogP contribution is -2.06. The summed E-state index contributed by atoms with van der Waals surface area (Å²) in [4.78, 5) is -0.0741. The molecule has 0 saturated carbocycles. The minimum absolute atomic E-state index is 0.0696. The number of nitrogens with two attached hydrogens (primary N) is 1. The van der Waals surface area contributed by atoms with E-state index in [0.29, 0.717) is 10.0 Å². The van der Waals surface area contributed by atoms with Crippen LogP contribution < -0.4 is 5.73 Å². The molecule has 0 fully saturated rings. The average molecular weight is 344 g/mol. The molecule has 0 amide bonds. The molecule has 3 nitrogen and oxygen atoms in total. The van der Waals surface area contributed by atoms with E-state index in [2.05, 4.69) is 15.9 Å². The van der Waals surface area contributed by atoms with Crippen LogP contribution in [0.2, 0.25) is 0 Å². The Labute approximate surface area is 119 Å². The Morgan fingerprint density at radius 3 is 2.47 bits per heavy atom. The Balaban J connectivity index is 2.38. The molecule has 0 radical (unpaired) electrons. The molecule has 100 valence electrons. The lowest BCUT2D eigenvalue weighted by Gasteiger charge is -2.07. The van der Waals surface area contributed by atoms with Crippen LogP contribution in [0.5, 0.6) is 0 Å². The van der Waals surface area contributed by atoms with Crippen LogP contribution in [0.3, 0.4) is 0 Å². The zero-order chi connectivity index (χ0) is 14.0. The molecule has 19 heavy (non-hydrogen) atoms. The van der Waals surface area contributed by atoms with E-state index in [0.717, 1.165) is 6.07 Å². The molecule has 0 bridgehead atoms. The third-order valence-electron chi connectivity index (χ3n) is 2.63. The van der Waals surface area contributed by atoms with Gasteiger partial charge in [0.2, 0.25) is 0 Å². The highest BCUT2D eigenvalue weighted by atomic mass is 79.9. The highest BCUT2D eigenvalue weighted by Crippen LogP contribution is 2.24. The highest BCUT2D eigenvalue weighted by molar-refractivity contribution is 9.10. The van der Waals surface area contributed by atoms with Crippen molar-refractivity contribution >= 4 is 31.5 Å². The summed E-state index contributed by atoms with van der Waals surface area (Å²) < 4.78 is 38.4. The minimum Gasteiger partial charge on any atom is -0.396 e. The van der Waals surface area contributed by atoms with E-state index in [1.54, 1.807) is 24.3 Å². The van der Waals surface area contributed by atoms with Gasteiger partial charge >= 0.3 is 0 Å². The van der Waals surface area contributed by atoms with Crippen molar-refractivity contribution in [3.8, 4) is 0 Å². The topological polar surface area (TPSA) is 60.2 Å². The van der Waals surface area contributed by atoms with Crippen molar-refractivity contribution < 1.29 is 12.8 Å². The zero-order valence-electron chi connectivity index (χ0n) is 9.81. The van der Waals surface area contributed by atoms with Gasteiger partial charge in [-0.05, 0) is 29.8 Å². The van der Waals surface area contributed by atoms with Gasteiger partial charge in [0.15, 0.2) is 9.84 Å². The molecule has 2 aromatic rings. The fourth-order valence-electron chi connectivity index (χ4n) is 1.60. The maximum Gasteiger partial charge on any atom is 0.182 e. The van der Waals surface area contributed by atoms with E-state index in [4.69, 9.17) is 5.73 Å². The molecule has 0 spiro atoms. The van der Waals surface area contributed by atoms with Crippen LogP contribution in [0, 0.1) is 5.82 Å². The van der Waals surface area contributed by atoms with Crippen LogP contribution in [0.25, 0.3) is 0 Å². The van der Waals surface area contributed by atoms with Crippen LogP contribution in [-0.4, -0.2) is 8.42 Å². The van der Waals surface area contributed by atoms with Gasteiger partial charge in [-0.15, -0.1) is 0 Å². The number of rotatable bonds is 3. The number of anilines is 1. The molecule has 0 saturated heterocycles. The molecule has 0 aromatic heterocycles. The Kier molecular flexibility index (Phi) is 3.91. The molecule has 0 atom stereocenters. The van der Waals surface area contributed by atoms with Gasteiger partial charge in [0.05, 0.1) is 16.3 Å². The predicted molar refractivity (Wildman–Crippen MR) is 75.8 cm³/mol. The van der Waals surface area contributed by atoms with Crippen LogP contribution in [0.1, 0.15) is 5.56 Å². The second kappa shape index (κ2) is 5.30. The van der Waals surface area contributed by atoms with Crippen molar-refractivity contribution in [2.24, 2.45) is 0 Å². The first-order valence-electron chi connectivity index (χ1n) is 5.41. The summed E-state index contributed by atoms with van der Waals surface area (Å²) in [5.74, 6) is -0.925. The van der Waals surface area contributed by atoms with Crippen LogP contribution in [0.4, 0.5) is 10.1 Å². The third kappa shape index (κ3) is 3.13. The number of nitrogen functional groups attached to an aromatic ring is 1. The smallest absolute Gasteiger partial charge is 0.182 e. The standard InChI is InChI=1S/C13H11BrFNO2S/c14-11-4-2-1-3-9(11)8-19(17,18)10-5-6-13(16)12(15)7-10/h1-7H,8,16H2. The van der Waals surface area contributed by atoms with Crippen molar-refractivity contribution in [1.29, 1.82) is 0 Å². The van der Waals surface area contributed by atoms with Crippen LogP contribution in [0.15, 0.2) is 51.8 Å². The van der Waals surface area contributed by atoms with Crippen LogP contribution >= 0.6 is 15.9 Å². The van der Waals surface area contributed by atoms with Crippen molar-refractivity contribution in [2.75, 3.05) is 5.73 Å². The van der Waals surface area contributed by atoms with Crippen molar-refractivity contribution in [1.82, 2.24) is 0 Å². The van der Waals surface area contributed by atoms with Gasteiger partial charge in [0.25, 0.3) is 0 Å². The van der Waals surface area contributed by atoms with Gasteiger partial charge in [0.1, 0.15) is 5.82 Å². The molecular formula is C13H11BrFNO2S. The molecule has 2 N–H and O–H groups in total. The molecular weight excluding hydrogens is 333 g/mol. The van der Waals surface area contributed by atoms with Crippen LogP contribution in [-0.2, 0) is 15.6 Å². The van der Waals surface area contributed by atoms with E-state index < -0.39 is 15.7 Å². The van der Waals surface area contributed by atoms with Crippen molar-refractivity contribution in [3.05, 3.63) is 58.3 Å². The molecule has 2 rings (SSSR count). The van der Waals surface area contributed by atoms with E-state index in [9.17, 15) is 12.8 Å². The van der Waals surface area contributed by atoms with Gasteiger partial charge < -0.3 is 5.73 Å². The Morgan fingerprint density at radius 2 is 1.84 bits per heavy atom. The molecule has 0 aliphatic heterocycles. The molecule has 0 aliphatic carbocycles. The fraction of sp³-hybridized carbons (Fsp3) is 0.0769. The Morgan fingerprint density at radius 1 is 1.16 bits per heavy atom. The minimum atomic E-state index is -3.60. The average Bonchev–Trinajstić information content (AvgIpc) is 2.35. The fourth-order valence-corrected chi connectivity index (χ4v) is 3.60. The lowest BCUT2D eigenvalue weighted by atomic mass is 10.2. The highest BCUT2D eigenvalue weighted by Gasteiger charge is 2.18. The normalized spacial score (nSPS) is 11.5. The number of halogens is 2. The van der Waals surface area contributed by atoms with E-state index in [-0.39, 0.29) is 16.3 Å². The largest absolute Gasteiger partial charge is 0.396 e. The maximum atomic E-state index is 13.3. The number of benzene rings is 2. The first-order valence-corrected chi connectivity index (χ1v) is 7.86. The summed E-state index contributed by atoms with van der Waals surface area (Å²) in [7, 11) is -3.60. The summed E-state index contributed by atoms with van der Waals surface area (Å²) in [6.07, 6.45) is 0. The Hall–Kier alpha value is -1.40. The SMILES string of the molecule is Nc1ccc(S(=O)(=O)Cc2ccccc2Br)cc1F. The summed E-state index contributed by atoms with van der Waals surface area (Å²) in [6.45, 7) is 0. The molecule has 0 aliphatic rings. The quantitative estimate of drug-likeness (QED) is 0.871. The third-order valence-corrected chi connectivity index (χ3v) is 5.07. The van der Waals surface area contributed by atoms with Gasteiger partial charge in [-0.3, -0.25) is 0 Å². The summed E-state index contributed by atoms with van der Waals surface area (Å²) >= 11 is 3.29. The van der Waals surface area contributed by atoms with Gasteiger partial charge in [0, 0.05) is 4.47 Å². The maximum absolute atomic E-state index is 13.3. The van der Waals surface area contributed by atoms with Gasteiger partial charge in [-0.1, -0.05) is 34.1 Å². The summed E-state index contributed by atoms with van der Waals surface area (Å²) in [5.41, 5.74) is 5.89. The van der Waals surface area contributed by atoms with E-state index in [1.165, 1.54) is 12.1 Å². The Bertz CT molecular complexity index is 716. The number of sulfone groups is 1. The van der Waals surface area contributed by atoms with Crippen molar-refractivity contribution in [2.45, 2.75) is 10.6 Å². The predicted octanol–water partition coefficient (Wildman–Crippen LogP) is 3.14. The second-order valence-corrected chi connectivity index (χ2v) is 6.88. The number of hydrogen-bond acceptors (Lipinski definition) is 3. The van der Waals surface area contributed by atoms with Gasteiger partial charge in [-0.2, -0.15) is 0 Å². The van der Waals surface area contributed by atoms with Gasteiger partial charge in [-0.25, -0.2) is 12.8 Å². The molecule has 0 heterocycles. The zero-order valence-corrected chi connectivity index (χ0v) is 12.2. The summed E-state index contributed by atoms with van der Waals surface area (Å²) in [5, 5.41) is 0. The first-order chi connectivity index (χ1) is 8.90. The lowest BCUT2D eigenvalue weighted by molar-refractivity contribution is 0.591. The van der Waals surface area contributed by atoms with Crippen molar-refractivity contribution in [3.63, 3.8) is 0 Å². The molecule has 2 aromatic carbocycles. The summed E-state index contributed by atoms with van der Waals surface area (Å²) in [6, 6.07) is 10.5. The number of hydrogen-bond donors (Lipinski definition) is 1. The molecule has 0 unspecified atom stereocenters. The van der Waals surface area contributed by atoms with E-state index in [1.807, 2.05) is 0 Å². The van der Waals surface area contributed by atoms with E-state index >= 15 is 0 Å². The molecule has 6 heteroatoms. The second-order valence-electron chi connectivity index (χ2n) is 4.03. The monoisotopic (exact) mass is 343 g/mol.